The third kappa shape index (κ3) is 38.4. The van der Waals surface area contributed by atoms with Gasteiger partial charge in [0.05, 0.1) is 25.2 Å². The van der Waals surface area contributed by atoms with Gasteiger partial charge in [-0.25, -0.2) is 0 Å². The van der Waals surface area contributed by atoms with Gasteiger partial charge in [0.1, 0.15) is 6.10 Å². The number of esters is 1. The fraction of sp³-hybridized carbons (Fsp3) is 0.760. The minimum atomic E-state index is -0.807. The Morgan fingerprint density at radius 1 is 0.536 bits per heavy atom. The quantitative estimate of drug-likeness (QED) is 0.0248. The Balaban J connectivity index is 4.66. The van der Waals surface area contributed by atoms with Crippen LogP contribution in [0.25, 0.3) is 0 Å². The molecule has 0 radical (unpaired) electrons. The molecular formula is C50H89NO5. The summed E-state index contributed by atoms with van der Waals surface area (Å²) < 4.78 is 5.86. The maximum Gasteiger partial charge on any atom is 0.306 e. The molecule has 3 N–H and O–H groups in total. The molecule has 0 fully saturated rings. The molecule has 0 saturated carbocycles. The predicted molar refractivity (Wildman–Crippen MR) is 241 cm³/mol. The second-order valence-electron chi connectivity index (χ2n) is 15.9. The number of carbonyl (C=O) groups excluding carboxylic acids is 2. The highest BCUT2D eigenvalue weighted by Gasteiger charge is 2.24. The van der Waals surface area contributed by atoms with Crippen molar-refractivity contribution in [3.8, 4) is 0 Å². The molecule has 0 aromatic carbocycles. The molecule has 0 aliphatic heterocycles. The largest absolute Gasteiger partial charge is 0.462 e. The van der Waals surface area contributed by atoms with E-state index in [1.54, 1.807) is 0 Å². The smallest absolute Gasteiger partial charge is 0.306 e. The van der Waals surface area contributed by atoms with Crippen LogP contribution < -0.4 is 5.32 Å². The standard InChI is InChI=1S/C50H89NO5/c1-4-7-10-13-16-19-22-24-27-30-33-36-39-42-48(53)47(45-52)51-49(54)44-46(41-38-35-32-29-26-21-18-15-12-9-6-3)56-50(55)43-40-37-34-31-28-25-23-20-17-14-11-8-5-2/h9,12,15,18,21,25-26,28-29,32,46-48,52-53H,4-8,10-11,13-14,16-17,19-20,22-24,27,30-31,33-45H2,1-3H3,(H,51,54)/b12-9+,18-15+,26-21-,28-25-,32-29-. The summed E-state index contributed by atoms with van der Waals surface area (Å²) in [7, 11) is 0. The Labute approximate surface area is 346 Å². The number of ether oxygens (including phenoxy) is 1. The number of carbonyl (C=O) groups is 2. The van der Waals surface area contributed by atoms with Gasteiger partial charge in [0, 0.05) is 6.42 Å². The molecule has 0 saturated heterocycles. The van der Waals surface area contributed by atoms with Crippen LogP contribution in [0.3, 0.4) is 0 Å². The van der Waals surface area contributed by atoms with E-state index < -0.39 is 18.2 Å². The molecular weight excluding hydrogens is 695 g/mol. The molecule has 3 atom stereocenters. The molecule has 6 nitrogen and oxygen atoms in total. The highest BCUT2D eigenvalue weighted by molar-refractivity contribution is 5.77. The Bertz CT molecular complexity index is 1010. The summed E-state index contributed by atoms with van der Waals surface area (Å²) in [6.07, 6.45) is 52.9. The van der Waals surface area contributed by atoms with Gasteiger partial charge in [0.2, 0.25) is 5.91 Å². The summed E-state index contributed by atoms with van der Waals surface area (Å²) in [5, 5.41) is 23.6. The second kappa shape index (κ2) is 43.7. The van der Waals surface area contributed by atoms with Gasteiger partial charge >= 0.3 is 5.97 Å². The van der Waals surface area contributed by atoms with Crippen molar-refractivity contribution in [2.45, 2.75) is 238 Å². The number of aliphatic hydroxyl groups is 2. The molecule has 0 heterocycles. The van der Waals surface area contributed by atoms with Crippen LogP contribution in [0.1, 0.15) is 220 Å². The topological polar surface area (TPSA) is 95.9 Å². The third-order valence-corrected chi connectivity index (χ3v) is 10.4. The number of hydrogen-bond acceptors (Lipinski definition) is 5. The van der Waals surface area contributed by atoms with Crippen LogP contribution in [0.5, 0.6) is 0 Å². The lowest BCUT2D eigenvalue weighted by Gasteiger charge is -2.24. The monoisotopic (exact) mass is 784 g/mol. The van der Waals surface area contributed by atoms with Gasteiger partial charge in [-0.05, 0) is 64.2 Å². The molecule has 6 heteroatoms. The molecule has 0 spiro atoms. The van der Waals surface area contributed by atoms with E-state index in [0.29, 0.717) is 19.3 Å². The minimum Gasteiger partial charge on any atom is -0.462 e. The SMILES string of the molecule is CC/C=C/C=C/C=C\C=C/CCCC(CC(=O)NC(CO)C(O)CCCCCCCCCCCCCCC)OC(=O)CCCCC/C=C\CCCCCCCC. The highest BCUT2D eigenvalue weighted by atomic mass is 16.5. The Morgan fingerprint density at radius 3 is 1.54 bits per heavy atom. The number of nitrogens with one attached hydrogen (secondary N) is 1. The molecule has 0 aliphatic rings. The van der Waals surface area contributed by atoms with Crippen LogP contribution in [0, 0.1) is 0 Å². The van der Waals surface area contributed by atoms with E-state index in [1.807, 2.05) is 36.5 Å². The molecule has 56 heavy (non-hydrogen) atoms. The maximum atomic E-state index is 13.1. The number of unbranched alkanes of at least 4 members (excludes halogenated alkanes) is 22. The van der Waals surface area contributed by atoms with Crippen molar-refractivity contribution < 1.29 is 24.5 Å². The lowest BCUT2D eigenvalue weighted by atomic mass is 10.0. The molecule has 324 valence electrons. The molecule has 0 rings (SSSR count). The first kappa shape index (κ1) is 53.6. The number of hydrogen-bond donors (Lipinski definition) is 3. The first-order valence-corrected chi connectivity index (χ1v) is 23.6. The van der Waals surface area contributed by atoms with Crippen molar-refractivity contribution in [3.05, 3.63) is 60.8 Å². The van der Waals surface area contributed by atoms with Crippen LogP contribution >= 0.6 is 0 Å². The van der Waals surface area contributed by atoms with E-state index in [0.717, 1.165) is 70.6 Å². The zero-order valence-electron chi connectivity index (χ0n) is 36.8. The summed E-state index contributed by atoms with van der Waals surface area (Å²) in [6, 6.07) is -0.725. The first-order valence-electron chi connectivity index (χ1n) is 23.6. The lowest BCUT2D eigenvalue weighted by molar-refractivity contribution is -0.151. The van der Waals surface area contributed by atoms with Gasteiger partial charge in [-0.1, -0.05) is 204 Å². The average Bonchev–Trinajstić information content (AvgIpc) is 3.19. The predicted octanol–water partition coefficient (Wildman–Crippen LogP) is 13.7. The van der Waals surface area contributed by atoms with Crippen molar-refractivity contribution in [2.75, 3.05) is 6.61 Å². The molecule has 0 bridgehead atoms. The van der Waals surface area contributed by atoms with E-state index in [4.69, 9.17) is 4.74 Å². The van der Waals surface area contributed by atoms with Crippen LogP contribution in [0.2, 0.25) is 0 Å². The third-order valence-electron chi connectivity index (χ3n) is 10.4. The summed E-state index contributed by atoms with van der Waals surface area (Å²) in [4.78, 5) is 26.0. The molecule has 3 unspecified atom stereocenters. The highest BCUT2D eigenvalue weighted by Crippen LogP contribution is 2.16. The normalized spacial score (nSPS) is 13.9. The van der Waals surface area contributed by atoms with Crippen LogP contribution in [-0.2, 0) is 14.3 Å². The maximum absolute atomic E-state index is 13.1. The zero-order valence-corrected chi connectivity index (χ0v) is 36.8. The van der Waals surface area contributed by atoms with Crippen molar-refractivity contribution >= 4 is 11.9 Å². The zero-order chi connectivity index (χ0) is 41.0. The summed E-state index contributed by atoms with van der Waals surface area (Å²) in [5.74, 6) is -0.564. The van der Waals surface area contributed by atoms with Crippen molar-refractivity contribution in [3.63, 3.8) is 0 Å². The van der Waals surface area contributed by atoms with E-state index in [-0.39, 0.29) is 24.9 Å². The van der Waals surface area contributed by atoms with E-state index in [2.05, 4.69) is 50.4 Å². The number of rotatable bonds is 41. The summed E-state index contributed by atoms with van der Waals surface area (Å²) in [5.41, 5.74) is 0. The Hall–Kier alpha value is -2.44. The molecule has 0 aliphatic carbocycles. The Kier molecular flexibility index (Phi) is 41.8. The summed E-state index contributed by atoms with van der Waals surface area (Å²) >= 11 is 0. The first-order chi connectivity index (χ1) is 27.5. The number of aliphatic hydroxyl groups excluding tert-OH is 2. The molecule has 0 aromatic heterocycles. The van der Waals surface area contributed by atoms with Gasteiger partial charge in [-0.3, -0.25) is 9.59 Å². The Morgan fingerprint density at radius 2 is 1.00 bits per heavy atom. The van der Waals surface area contributed by atoms with Crippen LogP contribution in [0.15, 0.2) is 60.8 Å². The number of amides is 1. The van der Waals surface area contributed by atoms with Gasteiger partial charge in [0.15, 0.2) is 0 Å². The average molecular weight is 784 g/mol. The number of allylic oxidation sites excluding steroid dienone is 10. The van der Waals surface area contributed by atoms with Gasteiger partial charge in [-0.15, -0.1) is 0 Å². The second-order valence-corrected chi connectivity index (χ2v) is 15.9. The van der Waals surface area contributed by atoms with Crippen LogP contribution in [0.4, 0.5) is 0 Å². The fourth-order valence-electron chi connectivity index (χ4n) is 6.85. The van der Waals surface area contributed by atoms with Gasteiger partial charge in [0.25, 0.3) is 0 Å². The van der Waals surface area contributed by atoms with Gasteiger partial charge in [-0.2, -0.15) is 0 Å². The van der Waals surface area contributed by atoms with Crippen molar-refractivity contribution in [2.24, 2.45) is 0 Å². The van der Waals surface area contributed by atoms with E-state index in [9.17, 15) is 19.8 Å². The van der Waals surface area contributed by atoms with E-state index in [1.165, 1.54) is 103 Å². The molecule has 0 aromatic rings. The van der Waals surface area contributed by atoms with Gasteiger partial charge < -0.3 is 20.3 Å². The summed E-state index contributed by atoms with van der Waals surface area (Å²) in [6.45, 7) is 6.29. The minimum absolute atomic E-state index is 0.0246. The lowest BCUT2D eigenvalue weighted by Crippen LogP contribution is -2.46. The van der Waals surface area contributed by atoms with Crippen LogP contribution in [-0.4, -0.2) is 46.9 Å². The molecule has 1 amide bonds. The van der Waals surface area contributed by atoms with Crippen molar-refractivity contribution in [1.29, 1.82) is 0 Å². The van der Waals surface area contributed by atoms with E-state index >= 15 is 0 Å². The fourth-order valence-corrected chi connectivity index (χ4v) is 6.85. The van der Waals surface area contributed by atoms with Crippen molar-refractivity contribution in [1.82, 2.24) is 5.32 Å².